The van der Waals surface area contributed by atoms with Crippen LogP contribution in [-0.2, 0) is 5.41 Å². The van der Waals surface area contributed by atoms with E-state index in [4.69, 9.17) is 9.97 Å². The van der Waals surface area contributed by atoms with Gasteiger partial charge in [0.1, 0.15) is 0 Å². The van der Waals surface area contributed by atoms with Crippen molar-refractivity contribution in [1.29, 1.82) is 5.26 Å². The zero-order valence-corrected chi connectivity index (χ0v) is 28.8. The number of para-hydroxylation sites is 2. The van der Waals surface area contributed by atoms with E-state index in [1.165, 1.54) is 33.0 Å². The van der Waals surface area contributed by atoms with Crippen LogP contribution in [0.2, 0.25) is 0 Å². The van der Waals surface area contributed by atoms with Gasteiger partial charge in [-0.1, -0.05) is 117 Å². The van der Waals surface area contributed by atoms with Gasteiger partial charge in [-0.05, 0) is 88.0 Å². The van der Waals surface area contributed by atoms with Crippen molar-refractivity contribution in [3.8, 4) is 56.7 Å². The fourth-order valence-corrected chi connectivity index (χ4v) is 8.24. The van der Waals surface area contributed by atoms with Gasteiger partial charge in [0, 0.05) is 38.4 Å². The van der Waals surface area contributed by atoms with Crippen LogP contribution in [0.25, 0.3) is 83.3 Å². The van der Waals surface area contributed by atoms with Crippen LogP contribution in [0.1, 0.15) is 30.5 Å². The van der Waals surface area contributed by atoms with E-state index >= 15 is 0 Å². The molecule has 1 aliphatic rings. The van der Waals surface area contributed by atoms with Crippen molar-refractivity contribution in [2.75, 3.05) is 0 Å². The third-order valence-electron chi connectivity index (χ3n) is 10.8. The summed E-state index contributed by atoms with van der Waals surface area (Å²) in [5.74, 6) is 0.659. The second-order valence-corrected chi connectivity index (χ2v) is 14.2. The summed E-state index contributed by atoms with van der Waals surface area (Å²) in [6, 6.07) is 57.6. The fraction of sp³-hybridized carbons (Fsp3) is 0.0625. The number of rotatable bonds is 4. The summed E-state index contributed by atoms with van der Waals surface area (Å²) >= 11 is 0. The molecule has 0 bridgehead atoms. The van der Waals surface area contributed by atoms with Crippen molar-refractivity contribution in [1.82, 2.24) is 14.5 Å². The molecule has 9 aromatic rings. The molecular weight excluding hydrogens is 633 g/mol. The average molecular weight is 665 g/mol. The Morgan fingerprint density at radius 2 is 1.23 bits per heavy atom. The number of hydrogen-bond donors (Lipinski definition) is 0. The lowest BCUT2D eigenvalue weighted by molar-refractivity contribution is 0.661. The molecule has 2 aromatic heterocycles. The Balaban J connectivity index is 1.27. The first kappa shape index (κ1) is 30.0. The molecule has 0 spiro atoms. The number of nitrogens with zero attached hydrogens (tertiary/aromatic N) is 4. The first-order valence-electron chi connectivity index (χ1n) is 17.6. The maximum atomic E-state index is 9.56. The van der Waals surface area contributed by atoms with Crippen LogP contribution in [0, 0.1) is 11.3 Å². The number of fused-ring (bicyclic) bond motifs is 7. The Bertz CT molecular complexity index is 2930. The van der Waals surface area contributed by atoms with Gasteiger partial charge in [-0.15, -0.1) is 0 Å². The normalized spacial score (nSPS) is 12.9. The van der Waals surface area contributed by atoms with Crippen LogP contribution >= 0.6 is 0 Å². The Morgan fingerprint density at radius 3 is 2.06 bits per heavy atom. The molecule has 4 nitrogen and oxygen atoms in total. The van der Waals surface area contributed by atoms with E-state index < -0.39 is 0 Å². The summed E-state index contributed by atoms with van der Waals surface area (Å²) in [5, 5.41) is 13.0. The SMILES string of the molecule is CC1(C)c2ccccc2-c2cc3c(cc21)c1ccccc1n3-c1cc(-c2ccc(C#N)cc2)cc(-c2nc(-c3ccccc3)c3ccccc3n2)c1. The molecule has 0 N–H and O–H groups in total. The smallest absolute Gasteiger partial charge is 0.160 e. The molecule has 0 fully saturated rings. The monoisotopic (exact) mass is 664 g/mol. The summed E-state index contributed by atoms with van der Waals surface area (Å²) in [6.07, 6.45) is 0. The van der Waals surface area contributed by atoms with E-state index in [0.717, 1.165) is 55.6 Å². The third kappa shape index (κ3) is 4.53. The van der Waals surface area contributed by atoms with Crippen LogP contribution in [0.5, 0.6) is 0 Å². The quantitative estimate of drug-likeness (QED) is 0.188. The first-order valence-corrected chi connectivity index (χ1v) is 17.6. The molecule has 0 atom stereocenters. The van der Waals surface area contributed by atoms with Crippen molar-refractivity contribution in [3.63, 3.8) is 0 Å². The summed E-state index contributed by atoms with van der Waals surface area (Å²) in [7, 11) is 0. The van der Waals surface area contributed by atoms with E-state index in [2.05, 4.69) is 128 Å². The molecule has 52 heavy (non-hydrogen) atoms. The first-order chi connectivity index (χ1) is 25.5. The summed E-state index contributed by atoms with van der Waals surface area (Å²) in [5.41, 5.74) is 14.9. The van der Waals surface area contributed by atoms with Crippen LogP contribution in [0.3, 0.4) is 0 Å². The fourth-order valence-electron chi connectivity index (χ4n) is 8.24. The van der Waals surface area contributed by atoms with Crippen molar-refractivity contribution in [2.24, 2.45) is 0 Å². The molecule has 0 aliphatic heterocycles. The van der Waals surface area contributed by atoms with E-state index in [1.54, 1.807) is 0 Å². The molecule has 1 aliphatic carbocycles. The van der Waals surface area contributed by atoms with Crippen LogP contribution < -0.4 is 0 Å². The standard InChI is InChI=1S/C48H32N4/c1-48(2)41-17-9-6-14-36(41)39-28-45-40(27-42(39)48)37-15-8-11-19-44(37)52(45)35-25-33(31-22-20-30(29-49)21-23-31)24-34(26-35)47-50-43-18-10-7-16-38(43)46(51-47)32-12-4-3-5-13-32/h3-28H,1-2H3. The topological polar surface area (TPSA) is 54.5 Å². The Kier molecular flexibility index (Phi) is 6.55. The van der Waals surface area contributed by atoms with Gasteiger partial charge >= 0.3 is 0 Å². The third-order valence-corrected chi connectivity index (χ3v) is 10.8. The molecule has 0 saturated carbocycles. The molecule has 0 radical (unpaired) electrons. The van der Waals surface area contributed by atoms with Crippen molar-refractivity contribution < 1.29 is 0 Å². The lowest BCUT2D eigenvalue weighted by Crippen LogP contribution is -2.14. The van der Waals surface area contributed by atoms with Gasteiger partial charge in [-0.2, -0.15) is 5.26 Å². The lowest BCUT2D eigenvalue weighted by atomic mass is 9.82. The molecule has 2 heterocycles. The van der Waals surface area contributed by atoms with Crippen molar-refractivity contribution >= 4 is 32.7 Å². The Morgan fingerprint density at radius 1 is 0.519 bits per heavy atom. The highest BCUT2D eigenvalue weighted by Crippen LogP contribution is 2.51. The summed E-state index contributed by atoms with van der Waals surface area (Å²) in [6.45, 7) is 4.67. The van der Waals surface area contributed by atoms with Gasteiger partial charge in [-0.3, -0.25) is 0 Å². The van der Waals surface area contributed by atoms with Crippen LogP contribution in [0.4, 0.5) is 0 Å². The maximum absolute atomic E-state index is 9.56. The number of hydrogen-bond acceptors (Lipinski definition) is 3. The molecule has 10 rings (SSSR count). The van der Waals surface area contributed by atoms with Gasteiger partial charge in [0.15, 0.2) is 5.82 Å². The molecule has 7 aromatic carbocycles. The Labute approximate surface area is 301 Å². The zero-order valence-electron chi connectivity index (χ0n) is 28.8. The number of aromatic nitrogens is 3. The summed E-state index contributed by atoms with van der Waals surface area (Å²) in [4.78, 5) is 10.4. The Hall–Kier alpha value is -6.83. The lowest BCUT2D eigenvalue weighted by Gasteiger charge is -2.21. The van der Waals surface area contributed by atoms with Crippen molar-refractivity contribution in [2.45, 2.75) is 19.3 Å². The number of benzene rings is 7. The van der Waals surface area contributed by atoms with Gasteiger partial charge < -0.3 is 4.57 Å². The predicted octanol–water partition coefficient (Wildman–Crippen LogP) is 11.9. The average Bonchev–Trinajstić information content (AvgIpc) is 3.64. The molecule has 244 valence electrons. The molecule has 0 saturated heterocycles. The summed E-state index contributed by atoms with van der Waals surface area (Å²) < 4.78 is 2.40. The highest BCUT2D eigenvalue weighted by atomic mass is 15.0. The van der Waals surface area contributed by atoms with E-state index in [-0.39, 0.29) is 5.41 Å². The highest BCUT2D eigenvalue weighted by Gasteiger charge is 2.36. The second kappa shape index (κ2) is 11.3. The predicted molar refractivity (Wildman–Crippen MR) is 212 cm³/mol. The highest BCUT2D eigenvalue weighted by molar-refractivity contribution is 6.11. The molecule has 0 amide bonds. The second-order valence-electron chi connectivity index (χ2n) is 14.2. The van der Waals surface area contributed by atoms with Crippen molar-refractivity contribution in [3.05, 3.63) is 174 Å². The van der Waals surface area contributed by atoms with Gasteiger partial charge in [0.25, 0.3) is 0 Å². The van der Waals surface area contributed by atoms with E-state index in [0.29, 0.717) is 11.4 Å². The van der Waals surface area contributed by atoms with Gasteiger partial charge in [-0.25, -0.2) is 9.97 Å². The minimum atomic E-state index is -0.101. The largest absolute Gasteiger partial charge is 0.309 e. The minimum Gasteiger partial charge on any atom is -0.309 e. The minimum absolute atomic E-state index is 0.101. The molecular formula is C48H32N4. The van der Waals surface area contributed by atoms with Crippen LogP contribution in [-0.4, -0.2) is 14.5 Å². The van der Waals surface area contributed by atoms with Crippen LogP contribution in [0.15, 0.2) is 158 Å². The van der Waals surface area contributed by atoms with E-state index in [1.807, 2.05) is 54.6 Å². The zero-order chi connectivity index (χ0) is 35.0. The number of nitriles is 1. The molecule has 4 heteroatoms. The maximum Gasteiger partial charge on any atom is 0.160 e. The van der Waals surface area contributed by atoms with Gasteiger partial charge in [0.2, 0.25) is 0 Å². The molecule has 0 unspecified atom stereocenters. The van der Waals surface area contributed by atoms with Gasteiger partial charge in [0.05, 0.1) is 33.9 Å². The van der Waals surface area contributed by atoms with E-state index in [9.17, 15) is 5.26 Å².